The van der Waals surface area contributed by atoms with Crippen LogP contribution in [-0.4, -0.2) is 0 Å². The minimum absolute atomic E-state index is 1.21. The van der Waals surface area contributed by atoms with Gasteiger partial charge >= 0.3 is 0 Å². The molecule has 0 aliphatic carbocycles. The van der Waals surface area contributed by atoms with Crippen molar-refractivity contribution in [1.82, 2.24) is 0 Å². The van der Waals surface area contributed by atoms with E-state index < -0.39 is 0 Å². The van der Waals surface area contributed by atoms with E-state index in [2.05, 4.69) is 139 Å². The quantitative estimate of drug-likeness (QED) is 0.282. The third-order valence-electron chi connectivity index (χ3n) is 5.69. The topological polar surface area (TPSA) is 3.88 Å². The summed E-state index contributed by atoms with van der Waals surface area (Å²) in [5, 5.41) is 0. The van der Waals surface area contributed by atoms with E-state index in [1.807, 2.05) is 0 Å². The van der Waals surface area contributed by atoms with Crippen molar-refractivity contribution in [3.63, 3.8) is 0 Å². The van der Waals surface area contributed by atoms with Gasteiger partial charge in [0.25, 0.3) is 0 Å². The lowest BCUT2D eigenvalue weighted by Gasteiger charge is -2.18. The van der Waals surface area contributed by atoms with Crippen molar-refractivity contribution in [3.8, 4) is 44.6 Å². The molecule has 0 aliphatic rings. The van der Waals surface area contributed by atoms with Crippen molar-refractivity contribution in [3.05, 3.63) is 128 Å². The first kappa shape index (κ1) is 19.0. The molecule has 0 saturated heterocycles. The molecule has 0 saturated carbocycles. The van der Waals surface area contributed by atoms with Crippen LogP contribution in [0.2, 0.25) is 0 Å². The van der Waals surface area contributed by atoms with Crippen LogP contribution in [0.25, 0.3) is 44.6 Å². The molecule has 31 heavy (non-hydrogen) atoms. The number of rotatable bonds is 4. The maximum Gasteiger partial charge on any atom is 0.220 e. The largest absolute Gasteiger partial charge is 0.220 e. The highest BCUT2D eigenvalue weighted by Crippen LogP contribution is 2.43. The zero-order valence-electron chi connectivity index (χ0n) is 17.6. The fourth-order valence-corrected chi connectivity index (χ4v) is 4.32. The second kappa shape index (κ2) is 8.41. The van der Waals surface area contributed by atoms with Crippen molar-refractivity contribution in [2.45, 2.75) is 0 Å². The Labute approximate surface area is 183 Å². The van der Waals surface area contributed by atoms with Gasteiger partial charge in [-0.2, -0.15) is 4.57 Å². The molecule has 5 aromatic rings. The van der Waals surface area contributed by atoms with Crippen molar-refractivity contribution >= 4 is 0 Å². The number of aromatic nitrogens is 1. The number of nitrogens with zero attached hydrogens (tertiary/aromatic N) is 1. The van der Waals surface area contributed by atoms with Crippen LogP contribution in [0, 0.1) is 0 Å². The van der Waals surface area contributed by atoms with Crippen molar-refractivity contribution in [1.29, 1.82) is 0 Å². The average Bonchev–Trinajstić information content (AvgIpc) is 2.85. The maximum absolute atomic E-state index is 2.27. The first-order valence-electron chi connectivity index (χ1n) is 10.6. The van der Waals surface area contributed by atoms with Crippen molar-refractivity contribution < 1.29 is 4.57 Å². The molecular formula is C30H24N+. The summed E-state index contributed by atoms with van der Waals surface area (Å²) in [6, 6.07) is 42.8. The molecule has 0 aliphatic heterocycles. The van der Waals surface area contributed by atoms with Gasteiger partial charge in [-0.25, -0.2) is 0 Å². The standard InChI is InChI=1S/C30H24N/c1-31-22-27(23-14-6-2-7-15-23)28(24-16-8-3-9-17-24)29(25-18-10-4-11-19-25)30(31)26-20-12-5-13-21-26/h2-22H,1H3/q+1. The Bertz CT molecular complexity index is 1290. The Hall–Kier alpha value is -3.97. The summed E-state index contributed by atoms with van der Waals surface area (Å²) >= 11 is 0. The van der Waals surface area contributed by atoms with Crippen LogP contribution in [0.3, 0.4) is 0 Å². The lowest BCUT2D eigenvalue weighted by Crippen LogP contribution is -2.32. The molecule has 0 bridgehead atoms. The zero-order valence-corrected chi connectivity index (χ0v) is 17.6. The first-order valence-corrected chi connectivity index (χ1v) is 10.6. The van der Waals surface area contributed by atoms with Crippen LogP contribution in [0.15, 0.2) is 128 Å². The summed E-state index contributed by atoms with van der Waals surface area (Å²) in [5.74, 6) is 0. The Morgan fingerprint density at radius 1 is 0.419 bits per heavy atom. The van der Waals surface area contributed by atoms with Crippen LogP contribution in [0.5, 0.6) is 0 Å². The van der Waals surface area contributed by atoms with Crippen LogP contribution in [0.1, 0.15) is 0 Å². The predicted octanol–water partition coefficient (Wildman–Crippen LogP) is 7.18. The molecule has 1 heteroatoms. The van der Waals surface area contributed by atoms with Gasteiger partial charge in [-0.1, -0.05) is 109 Å². The Kier molecular flexibility index (Phi) is 5.16. The van der Waals surface area contributed by atoms with E-state index in [9.17, 15) is 0 Å². The number of aryl methyl sites for hydroxylation is 1. The van der Waals surface area contributed by atoms with Crippen LogP contribution >= 0.6 is 0 Å². The summed E-state index contributed by atoms with van der Waals surface area (Å²) in [7, 11) is 2.15. The molecule has 5 rings (SSSR count). The summed E-state index contributed by atoms with van der Waals surface area (Å²) in [6.07, 6.45) is 2.27. The molecule has 1 heterocycles. The van der Waals surface area contributed by atoms with Gasteiger partial charge in [-0.3, -0.25) is 0 Å². The second-order valence-electron chi connectivity index (χ2n) is 7.72. The van der Waals surface area contributed by atoms with E-state index in [1.54, 1.807) is 0 Å². The predicted molar refractivity (Wildman–Crippen MR) is 129 cm³/mol. The third-order valence-corrected chi connectivity index (χ3v) is 5.69. The van der Waals surface area contributed by atoms with E-state index in [-0.39, 0.29) is 0 Å². The van der Waals surface area contributed by atoms with E-state index in [1.165, 1.54) is 44.6 Å². The van der Waals surface area contributed by atoms with Crippen LogP contribution < -0.4 is 4.57 Å². The lowest BCUT2D eigenvalue weighted by molar-refractivity contribution is -0.659. The monoisotopic (exact) mass is 398 g/mol. The highest BCUT2D eigenvalue weighted by atomic mass is 14.9. The molecule has 0 atom stereocenters. The molecule has 0 fully saturated rings. The molecule has 1 nitrogen and oxygen atoms in total. The van der Waals surface area contributed by atoms with E-state index in [0.29, 0.717) is 0 Å². The number of benzene rings is 4. The highest BCUT2D eigenvalue weighted by Gasteiger charge is 2.26. The van der Waals surface area contributed by atoms with Gasteiger partial charge in [-0.15, -0.1) is 0 Å². The Morgan fingerprint density at radius 2 is 0.806 bits per heavy atom. The second-order valence-corrected chi connectivity index (χ2v) is 7.72. The lowest BCUT2D eigenvalue weighted by atomic mass is 9.86. The van der Waals surface area contributed by atoms with Gasteiger partial charge in [0.1, 0.15) is 7.05 Å². The third kappa shape index (κ3) is 3.67. The number of pyridine rings is 1. The molecular weight excluding hydrogens is 374 g/mol. The molecule has 0 amide bonds. The van der Waals surface area contributed by atoms with Crippen LogP contribution in [0.4, 0.5) is 0 Å². The summed E-state index contributed by atoms with van der Waals surface area (Å²) in [5.41, 5.74) is 9.82. The van der Waals surface area contributed by atoms with E-state index in [0.717, 1.165) is 0 Å². The molecule has 148 valence electrons. The highest BCUT2D eigenvalue weighted by molar-refractivity contribution is 5.98. The summed E-state index contributed by atoms with van der Waals surface area (Å²) in [4.78, 5) is 0. The average molecular weight is 399 g/mol. The van der Waals surface area contributed by atoms with Gasteiger partial charge in [-0.05, 0) is 28.8 Å². The molecule has 0 spiro atoms. The number of hydrogen-bond acceptors (Lipinski definition) is 0. The summed E-state index contributed by atoms with van der Waals surface area (Å²) < 4.78 is 2.27. The van der Waals surface area contributed by atoms with Crippen LogP contribution in [-0.2, 0) is 7.05 Å². The van der Waals surface area contributed by atoms with Gasteiger partial charge in [0.15, 0.2) is 6.20 Å². The smallest absolute Gasteiger partial charge is 0.200 e. The maximum atomic E-state index is 2.27. The minimum atomic E-state index is 1.21. The zero-order chi connectivity index (χ0) is 21.0. The normalized spacial score (nSPS) is 10.7. The summed E-state index contributed by atoms with van der Waals surface area (Å²) in [6.45, 7) is 0. The van der Waals surface area contributed by atoms with Gasteiger partial charge < -0.3 is 0 Å². The van der Waals surface area contributed by atoms with E-state index >= 15 is 0 Å². The van der Waals surface area contributed by atoms with Gasteiger partial charge in [0.2, 0.25) is 5.69 Å². The first-order chi connectivity index (χ1) is 15.3. The van der Waals surface area contributed by atoms with Crippen molar-refractivity contribution in [2.24, 2.45) is 7.05 Å². The molecule has 0 radical (unpaired) electrons. The Balaban J connectivity index is 1.95. The minimum Gasteiger partial charge on any atom is -0.200 e. The molecule has 1 aromatic heterocycles. The molecule has 0 unspecified atom stereocenters. The Morgan fingerprint density at radius 3 is 1.29 bits per heavy atom. The number of hydrogen-bond donors (Lipinski definition) is 0. The fraction of sp³-hybridized carbons (Fsp3) is 0.0333. The van der Waals surface area contributed by atoms with Gasteiger partial charge in [0, 0.05) is 11.1 Å². The fourth-order valence-electron chi connectivity index (χ4n) is 4.32. The van der Waals surface area contributed by atoms with Gasteiger partial charge in [0.05, 0.1) is 11.1 Å². The molecule has 0 N–H and O–H groups in total. The van der Waals surface area contributed by atoms with Crippen molar-refractivity contribution in [2.75, 3.05) is 0 Å². The SMILES string of the molecule is C[n+]1cc(-c2ccccc2)c(-c2ccccc2)c(-c2ccccc2)c1-c1ccccc1. The van der Waals surface area contributed by atoms with E-state index in [4.69, 9.17) is 0 Å². The molecule has 4 aromatic carbocycles.